The van der Waals surface area contributed by atoms with E-state index in [4.69, 9.17) is 10.5 Å². The highest BCUT2D eigenvalue weighted by Crippen LogP contribution is 2.29. The number of carbonyl (C=O) groups is 1. The van der Waals surface area contributed by atoms with Gasteiger partial charge < -0.3 is 21.1 Å². The van der Waals surface area contributed by atoms with Crippen molar-refractivity contribution in [1.82, 2.24) is 0 Å². The van der Waals surface area contributed by atoms with Crippen LogP contribution in [-0.2, 0) is 17.3 Å². The minimum Gasteiger partial charge on any atom is -0.463 e. The molecule has 0 radical (unpaired) electrons. The van der Waals surface area contributed by atoms with Gasteiger partial charge in [-0.25, -0.2) is 9.79 Å². The van der Waals surface area contributed by atoms with E-state index in [1.165, 1.54) is 12.1 Å². The Balaban J connectivity index is 1.40. The zero-order chi connectivity index (χ0) is 21.6. The zero-order valence-corrected chi connectivity index (χ0v) is 16.2. The van der Waals surface area contributed by atoms with Gasteiger partial charge in [0.15, 0.2) is 0 Å². The molecule has 6 nitrogen and oxygen atoms in total. The van der Waals surface area contributed by atoms with E-state index >= 15 is 0 Å². The number of amides is 2. The monoisotopic (exact) mass is 420 g/mol. The first-order chi connectivity index (χ1) is 14.3. The van der Waals surface area contributed by atoms with E-state index in [1.807, 2.05) is 12.1 Å². The number of benzene rings is 2. The van der Waals surface area contributed by atoms with E-state index in [0.29, 0.717) is 12.3 Å². The third-order valence-electron chi connectivity index (χ3n) is 4.67. The number of alkyl halides is 3. The van der Waals surface area contributed by atoms with Crippen molar-refractivity contribution in [3.05, 3.63) is 59.7 Å². The highest BCUT2D eigenvalue weighted by Gasteiger charge is 2.30. The summed E-state index contributed by atoms with van der Waals surface area (Å²) in [7, 11) is 0. The van der Waals surface area contributed by atoms with Crippen molar-refractivity contribution in [3.63, 3.8) is 0 Å². The predicted molar refractivity (Wildman–Crippen MR) is 109 cm³/mol. The van der Waals surface area contributed by atoms with Gasteiger partial charge >= 0.3 is 12.2 Å². The lowest BCUT2D eigenvalue weighted by molar-refractivity contribution is -0.137. The van der Waals surface area contributed by atoms with Gasteiger partial charge in [0.2, 0.25) is 0 Å². The SMILES string of the molecule is NC1=NC(CCCCc2ccc(NC(=O)Nc3ccc(C(F)(F)F)cc3)cc2)CO1. The number of hydrogen-bond donors (Lipinski definition) is 3. The molecule has 2 aromatic rings. The standard InChI is InChI=1S/C21H23F3N4O2/c22-21(23,24)15-7-11-17(12-8-15)28-20(29)27-16-9-5-14(6-10-16)3-1-2-4-18-13-30-19(25)26-18/h5-12,18H,1-4,13H2,(H2,25,26)(H2,27,28,29). The van der Waals surface area contributed by atoms with Crippen LogP contribution >= 0.6 is 0 Å². The minimum absolute atomic E-state index is 0.153. The van der Waals surface area contributed by atoms with Crippen molar-refractivity contribution in [2.45, 2.75) is 37.9 Å². The second-order valence-corrected chi connectivity index (χ2v) is 7.03. The van der Waals surface area contributed by atoms with Crippen LogP contribution in [-0.4, -0.2) is 24.7 Å². The smallest absolute Gasteiger partial charge is 0.416 e. The fourth-order valence-electron chi connectivity index (χ4n) is 3.08. The largest absolute Gasteiger partial charge is 0.463 e. The number of urea groups is 1. The van der Waals surface area contributed by atoms with Gasteiger partial charge in [0.25, 0.3) is 6.02 Å². The van der Waals surface area contributed by atoms with Crippen molar-refractivity contribution < 1.29 is 22.7 Å². The van der Waals surface area contributed by atoms with Gasteiger partial charge in [-0.3, -0.25) is 0 Å². The van der Waals surface area contributed by atoms with Crippen molar-refractivity contribution >= 4 is 23.4 Å². The number of aryl methyl sites for hydroxylation is 1. The molecule has 0 aromatic heterocycles. The van der Waals surface area contributed by atoms with Gasteiger partial charge in [-0.05, 0) is 61.2 Å². The van der Waals surface area contributed by atoms with E-state index < -0.39 is 17.8 Å². The molecule has 0 aliphatic carbocycles. The molecule has 1 aliphatic rings. The lowest BCUT2D eigenvalue weighted by Gasteiger charge is -2.10. The lowest BCUT2D eigenvalue weighted by Crippen LogP contribution is -2.19. The maximum absolute atomic E-state index is 12.6. The maximum atomic E-state index is 12.6. The van der Waals surface area contributed by atoms with Crippen LogP contribution in [0.5, 0.6) is 0 Å². The minimum atomic E-state index is -4.41. The Hall–Kier alpha value is -3.23. The number of amidine groups is 1. The molecular weight excluding hydrogens is 397 g/mol. The van der Waals surface area contributed by atoms with Gasteiger partial charge in [0.05, 0.1) is 11.6 Å². The molecule has 30 heavy (non-hydrogen) atoms. The molecule has 3 rings (SSSR count). The average molecular weight is 420 g/mol. The summed E-state index contributed by atoms with van der Waals surface area (Å²) in [4.78, 5) is 16.2. The summed E-state index contributed by atoms with van der Waals surface area (Å²) in [5.74, 6) is 0. The van der Waals surface area contributed by atoms with Crippen molar-refractivity contribution in [3.8, 4) is 0 Å². The Morgan fingerprint density at radius 2 is 1.63 bits per heavy atom. The number of nitrogens with zero attached hydrogens (tertiary/aromatic N) is 1. The maximum Gasteiger partial charge on any atom is 0.416 e. The summed E-state index contributed by atoms with van der Waals surface area (Å²) >= 11 is 0. The van der Waals surface area contributed by atoms with Crippen LogP contribution in [0.4, 0.5) is 29.3 Å². The topological polar surface area (TPSA) is 88.7 Å². The number of anilines is 2. The molecule has 160 valence electrons. The Morgan fingerprint density at radius 3 is 2.17 bits per heavy atom. The third-order valence-corrected chi connectivity index (χ3v) is 4.67. The predicted octanol–water partition coefficient (Wildman–Crippen LogP) is 4.78. The Morgan fingerprint density at radius 1 is 1.03 bits per heavy atom. The van der Waals surface area contributed by atoms with Crippen LogP contribution in [0, 0.1) is 0 Å². The Bertz CT molecular complexity index is 881. The van der Waals surface area contributed by atoms with Gasteiger partial charge in [-0.1, -0.05) is 18.6 Å². The molecule has 0 bridgehead atoms. The van der Waals surface area contributed by atoms with E-state index in [2.05, 4.69) is 15.6 Å². The third kappa shape index (κ3) is 6.40. The molecule has 0 saturated carbocycles. The molecule has 1 unspecified atom stereocenters. The van der Waals surface area contributed by atoms with Crippen LogP contribution < -0.4 is 16.4 Å². The molecule has 1 heterocycles. The van der Waals surface area contributed by atoms with Crippen LogP contribution in [0.1, 0.15) is 30.4 Å². The number of nitrogens with one attached hydrogen (secondary N) is 2. The molecule has 2 amide bonds. The van der Waals surface area contributed by atoms with E-state index in [1.54, 1.807) is 12.1 Å². The number of nitrogens with two attached hydrogens (primary N) is 1. The molecule has 1 atom stereocenters. The zero-order valence-electron chi connectivity index (χ0n) is 16.2. The van der Waals surface area contributed by atoms with Gasteiger partial charge in [-0.2, -0.15) is 13.2 Å². The highest BCUT2D eigenvalue weighted by atomic mass is 19.4. The Labute approximate surface area is 172 Å². The number of aliphatic imine (C=N–C) groups is 1. The Kier molecular flexibility index (Phi) is 6.81. The van der Waals surface area contributed by atoms with E-state index in [-0.39, 0.29) is 17.8 Å². The van der Waals surface area contributed by atoms with Crippen LogP contribution in [0.2, 0.25) is 0 Å². The summed E-state index contributed by atoms with van der Waals surface area (Å²) in [5, 5.41) is 5.17. The molecule has 0 spiro atoms. The van der Waals surface area contributed by atoms with Gasteiger partial charge in [0, 0.05) is 11.4 Å². The molecule has 2 aromatic carbocycles. The van der Waals surface area contributed by atoms with Crippen molar-refractivity contribution in [2.75, 3.05) is 17.2 Å². The number of unbranched alkanes of at least 4 members (excludes halogenated alkanes) is 1. The molecule has 4 N–H and O–H groups in total. The molecule has 9 heteroatoms. The van der Waals surface area contributed by atoms with E-state index in [9.17, 15) is 18.0 Å². The first-order valence-corrected chi connectivity index (χ1v) is 9.60. The number of rotatable bonds is 7. The van der Waals surface area contributed by atoms with Crippen LogP contribution in [0.3, 0.4) is 0 Å². The first-order valence-electron chi connectivity index (χ1n) is 9.60. The van der Waals surface area contributed by atoms with Crippen LogP contribution in [0.25, 0.3) is 0 Å². The lowest BCUT2D eigenvalue weighted by atomic mass is 10.0. The summed E-state index contributed by atoms with van der Waals surface area (Å²) in [6, 6.07) is 11.6. The normalized spacial score (nSPS) is 16.0. The summed E-state index contributed by atoms with van der Waals surface area (Å²) < 4.78 is 42.8. The second kappa shape index (κ2) is 9.51. The molecule has 0 saturated heterocycles. The summed E-state index contributed by atoms with van der Waals surface area (Å²) in [6.07, 6.45) is -0.544. The number of hydrogen-bond acceptors (Lipinski definition) is 4. The number of carbonyl (C=O) groups excluding carboxylic acids is 1. The molecule has 0 fully saturated rings. The summed E-state index contributed by atoms with van der Waals surface area (Å²) in [5.41, 5.74) is 6.73. The highest BCUT2D eigenvalue weighted by molar-refractivity contribution is 5.99. The van der Waals surface area contributed by atoms with Crippen molar-refractivity contribution in [1.29, 1.82) is 0 Å². The second-order valence-electron chi connectivity index (χ2n) is 7.03. The average Bonchev–Trinajstić information content (AvgIpc) is 3.11. The molecular formula is C21H23F3N4O2. The van der Waals surface area contributed by atoms with Crippen LogP contribution in [0.15, 0.2) is 53.5 Å². The van der Waals surface area contributed by atoms with Crippen molar-refractivity contribution in [2.24, 2.45) is 10.7 Å². The first kappa shape index (κ1) is 21.5. The quantitative estimate of drug-likeness (QED) is 0.564. The fraction of sp³-hybridized carbons (Fsp3) is 0.333. The van der Waals surface area contributed by atoms with Gasteiger partial charge in [-0.15, -0.1) is 0 Å². The molecule has 1 aliphatic heterocycles. The summed E-state index contributed by atoms with van der Waals surface area (Å²) in [6.45, 7) is 0.556. The van der Waals surface area contributed by atoms with E-state index in [0.717, 1.165) is 43.4 Å². The number of ether oxygens (including phenoxy) is 1. The fourth-order valence-corrected chi connectivity index (χ4v) is 3.08. The van der Waals surface area contributed by atoms with Gasteiger partial charge in [0.1, 0.15) is 6.61 Å². The number of halogens is 3.